The van der Waals surface area contributed by atoms with Crippen LogP contribution in [0.4, 0.5) is 17.1 Å². The van der Waals surface area contributed by atoms with E-state index in [1.165, 1.54) is 33.0 Å². The van der Waals surface area contributed by atoms with Crippen LogP contribution in [0, 0.1) is 0 Å². The van der Waals surface area contributed by atoms with E-state index >= 15 is 0 Å². The van der Waals surface area contributed by atoms with Gasteiger partial charge in [-0.05, 0) is 81.6 Å². The largest absolute Gasteiger partial charge is 0.456 e. The summed E-state index contributed by atoms with van der Waals surface area (Å²) in [6.07, 6.45) is 3.65. The van der Waals surface area contributed by atoms with Crippen molar-refractivity contribution in [1.29, 1.82) is 0 Å². The van der Waals surface area contributed by atoms with E-state index in [1.54, 1.807) is 6.20 Å². The maximum Gasteiger partial charge on any atom is 0.138 e. The first kappa shape index (κ1) is 24.2. The molecule has 3 heteroatoms. The number of nitrogens with zero attached hydrogens (tertiary/aromatic N) is 2. The first-order valence-electron chi connectivity index (χ1n) is 14.1. The van der Waals surface area contributed by atoms with E-state index in [2.05, 4.69) is 143 Å². The summed E-state index contributed by atoms with van der Waals surface area (Å²) < 4.78 is 6.10. The fourth-order valence-corrected chi connectivity index (χ4v) is 5.90. The Kier molecular flexibility index (Phi) is 5.79. The van der Waals surface area contributed by atoms with Gasteiger partial charge in [-0.3, -0.25) is 4.98 Å². The third kappa shape index (κ3) is 4.20. The number of aromatic nitrogens is 1. The molecule has 0 amide bonds. The fourth-order valence-electron chi connectivity index (χ4n) is 5.90. The lowest BCUT2D eigenvalue weighted by Gasteiger charge is -2.26. The molecule has 0 bridgehead atoms. The second kappa shape index (κ2) is 10.1. The van der Waals surface area contributed by atoms with E-state index in [9.17, 15) is 0 Å². The molecule has 0 fully saturated rings. The summed E-state index contributed by atoms with van der Waals surface area (Å²) in [5.41, 5.74) is 9.73. The van der Waals surface area contributed by atoms with E-state index in [0.29, 0.717) is 0 Å². The number of furan rings is 1. The number of hydrogen-bond acceptors (Lipinski definition) is 3. The van der Waals surface area contributed by atoms with Crippen molar-refractivity contribution in [3.8, 4) is 22.3 Å². The molecule has 0 aliphatic carbocycles. The van der Waals surface area contributed by atoms with Gasteiger partial charge in [0.15, 0.2) is 0 Å². The Morgan fingerprint density at radius 1 is 0.452 bits per heavy atom. The van der Waals surface area contributed by atoms with Crippen LogP contribution < -0.4 is 4.90 Å². The molecule has 0 saturated heterocycles. The molecule has 0 unspecified atom stereocenters. The van der Waals surface area contributed by atoms with Crippen LogP contribution in [-0.2, 0) is 0 Å². The Morgan fingerprint density at radius 3 is 1.90 bits per heavy atom. The predicted molar refractivity (Wildman–Crippen MR) is 175 cm³/mol. The SMILES string of the molecule is c1ccc(-c2ccc(N(c3ccc(-c4cccc5ccccc45)cc3)c3ccc4oc5ccncc5c4c3)cc2)cc1. The van der Waals surface area contributed by atoms with Gasteiger partial charge in [-0.2, -0.15) is 0 Å². The van der Waals surface area contributed by atoms with Crippen molar-refractivity contribution in [2.24, 2.45) is 0 Å². The van der Waals surface area contributed by atoms with Crippen LogP contribution in [0.2, 0.25) is 0 Å². The van der Waals surface area contributed by atoms with Gasteiger partial charge >= 0.3 is 0 Å². The highest BCUT2D eigenvalue weighted by Crippen LogP contribution is 2.40. The third-order valence-corrected chi connectivity index (χ3v) is 7.97. The lowest BCUT2D eigenvalue weighted by molar-refractivity contribution is 0.668. The van der Waals surface area contributed by atoms with Crippen LogP contribution in [0.1, 0.15) is 0 Å². The molecule has 198 valence electrons. The van der Waals surface area contributed by atoms with Crippen molar-refractivity contribution in [2.75, 3.05) is 4.90 Å². The molecular weight excluding hydrogens is 512 g/mol. The number of anilines is 3. The van der Waals surface area contributed by atoms with Crippen molar-refractivity contribution in [1.82, 2.24) is 4.98 Å². The van der Waals surface area contributed by atoms with E-state index in [0.717, 1.165) is 39.0 Å². The summed E-state index contributed by atoms with van der Waals surface area (Å²) in [4.78, 5) is 6.65. The van der Waals surface area contributed by atoms with Crippen molar-refractivity contribution in [2.45, 2.75) is 0 Å². The number of rotatable bonds is 5. The van der Waals surface area contributed by atoms with Gasteiger partial charge in [0.05, 0.1) is 0 Å². The van der Waals surface area contributed by atoms with Gasteiger partial charge in [0.1, 0.15) is 11.2 Å². The minimum Gasteiger partial charge on any atom is -0.456 e. The highest BCUT2D eigenvalue weighted by molar-refractivity contribution is 6.06. The average molecular weight is 539 g/mol. The maximum atomic E-state index is 6.10. The van der Waals surface area contributed by atoms with E-state index in [1.807, 2.05) is 18.3 Å². The maximum absolute atomic E-state index is 6.10. The summed E-state index contributed by atoms with van der Waals surface area (Å²) >= 11 is 0. The fraction of sp³-hybridized carbons (Fsp3) is 0. The van der Waals surface area contributed by atoms with Gasteiger partial charge in [0.25, 0.3) is 0 Å². The summed E-state index contributed by atoms with van der Waals surface area (Å²) in [7, 11) is 0. The lowest BCUT2D eigenvalue weighted by atomic mass is 9.98. The predicted octanol–water partition coefficient (Wildman–Crippen LogP) is 10.9. The van der Waals surface area contributed by atoms with E-state index in [4.69, 9.17) is 4.42 Å². The van der Waals surface area contributed by atoms with Crippen LogP contribution in [0.25, 0.3) is 55.0 Å². The second-order valence-corrected chi connectivity index (χ2v) is 10.5. The van der Waals surface area contributed by atoms with Crippen LogP contribution in [0.3, 0.4) is 0 Å². The molecule has 2 heterocycles. The number of benzene rings is 6. The number of pyridine rings is 1. The van der Waals surface area contributed by atoms with Gasteiger partial charge in [0, 0.05) is 40.2 Å². The summed E-state index contributed by atoms with van der Waals surface area (Å²) in [6, 6.07) is 51.5. The topological polar surface area (TPSA) is 29.3 Å². The molecule has 0 N–H and O–H groups in total. The minimum atomic E-state index is 0.843. The first-order chi connectivity index (χ1) is 20.8. The van der Waals surface area contributed by atoms with Crippen LogP contribution >= 0.6 is 0 Å². The van der Waals surface area contributed by atoms with Crippen LogP contribution in [0.15, 0.2) is 162 Å². The zero-order valence-corrected chi connectivity index (χ0v) is 22.8. The molecule has 6 aromatic carbocycles. The monoisotopic (exact) mass is 538 g/mol. The van der Waals surface area contributed by atoms with Gasteiger partial charge < -0.3 is 9.32 Å². The molecule has 0 saturated carbocycles. The molecule has 8 rings (SSSR count). The zero-order valence-electron chi connectivity index (χ0n) is 22.8. The highest BCUT2D eigenvalue weighted by Gasteiger charge is 2.16. The molecule has 8 aromatic rings. The standard InChI is InChI=1S/C39H26N2O/c1-2-7-27(8-3-1)28-13-17-31(18-14-28)41(33-21-22-38-36(25-33)37-26-40-24-23-39(37)42-38)32-19-15-30(16-20-32)35-12-6-10-29-9-4-5-11-34(29)35/h1-26H. The van der Waals surface area contributed by atoms with Gasteiger partial charge in [-0.25, -0.2) is 0 Å². The molecule has 42 heavy (non-hydrogen) atoms. The van der Waals surface area contributed by atoms with E-state index in [-0.39, 0.29) is 0 Å². The smallest absolute Gasteiger partial charge is 0.138 e. The Bertz CT molecular complexity index is 2170. The summed E-state index contributed by atoms with van der Waals surface area (Å²) in [6.45, 7) is 0. The molecule has 0 radical (unpaired) electrons. The molecule has 2 aromatic heterocycles. The van der Waals surface area contributed by atoms with E-state index < -0.39 is 0 Å². The van der Waals surface area contributed by atoms with Crippen molar-refractivity contribution < 1.29 is 4.42 Å². The minimum absolute atomic E-state index is 0.843. The normalized spacial score (nSPS) is 11.3. The molecule has 0 aliphatic heterocycles. The molecule has 3 nitrogen and oxygen atoms in total. The van der Waals surface area contributed by atoms with Gasteiger partial charge in [0.2, 0.25) is 0 Å². The summed E-state index contributed by atoms with van der Waals surface area (Å²) in [5.74, 6) is 0. The number of fused-ring (bicyclic) bond motifs is 4. The molecule has 0 atom stereocenters. The van der Waals surface area contributed by atoms with Crippen molar-refractivity contribution in [3.63, 3.8) is 0 Å². The third-order valence-electron chi connectivity index (χ3n) is 7.97. The lowest BCUT2D eigenvalue weighted by Crippen LogP contribution is -2.09. The van der Waals surface area contributed by atoms with Gasteiger partial charge in [-0.1, -0.05) is 97.1 Å². The number of hydrogen-bond donors (Lipinski definition) is 0. The first-order valence-corrected chi connectivity index (χ1v) is 14.1. The van der Waals surface area contributed by atoms with Crippen LogP contribution in [0.5, 0.6) is 0 Å². The summed E-state index contributed by atoms with van der Waals surface area (Å²) in [5, 5.41) is 4.57. The van der Waals surface area contributed by atoms with Crippen molar-refractivity contribution >= 4 is 49.8 Å². The molecule has 0 aliphatic rings. The Hall–Kier alpha value is -5.67. The Morgan fingerprint density at radius 2 is 1.10 bits per heavy atom. The Balaban J connectivity index is 1.25. The van der Waals surface area contributed by atoms with Crippen LogP contribution in [-0.4, -0.2) is 4.98 Å². The highest BCUT2D eigenvalue weighted by atomic mass is 16.3. The molecular formula is C39H26N2O. The van der Waals surface area contributed by atoms with Crippen molar-refractivity contribution in [3.05, 3.63) is 158 Å². The zero-order chi connectivity index (χ0) is 27.9. The van der Waals surface area contributed by atoms with Gasteiger partial charge in [-0.15, -0.1) is 0 Å². The quantitative estimate of drug-likeness (QED) is 0.218. The Labute approximate surface area is 243 Å². The average Bonchev–Trinajstić information content (AvgIpc) is 3.44. The molecule has 0 spiro atoms. The second-order valence-electron chi connectivity index (χ2n) is 10.5.